The topological polar surface area (TPSA) is 76.1 Å². The van der Waals surface area contributed by atoms with E-state index in [4.69, 9.17) is 4.74 Å². The Hall–Kier alpha value is -3.81. The Morgan fingerprint density at radius 1 is 1.02 bits per heavy atom. The Morgan fingerprint density at radius 2 is 1.70 bits per heavy atom. The molecule has 2 N–H and O–H groups in total. The minimum atomic E-state index is -0.480. The first-order valence-corrected chi connectivity index (χ1v) is 14.7. The molecule has 2 aromatic carbocycles. The van der Waals surface area contributed by atoms with Gasteiger partial charge < -0.3 is 0 Å². The molecule has 0 fully saturated rings. The second-order valence-electron chi connectivity index (χ2n) is 9.12. The van der Waals surface area contributed by atoms with Crippen LogP contribution in [0.25, 0.3) is 11.1 Å². The van der Waals surface area contributed by atoms with Gasteiger partial charge in [-0.05, 0) is 0 Å². The van der Waals surface area contributed by atoms with Gasteiger partial charge in [-0.2, -0.15) is 0 Å². The van der Waals surface area contributed by atoms with Gasteiger partial charge in [0.15, 0.2) is 0 Å². The van der Waals surface area contributed by atoms with E-state index in [1.807, 2.05) is 107 Å². The quantitative estimate of drug-likeness (QED) is 0.279. The predicted octanol–water partition coefficient (Wildman–Crippen LogP) is 5.95. The van der Waals surface area contributed by atoms with Crippen molar-refractivity contribution in [3.05, 3.63) is 126 Å². The van der Waals surface area contributed by atoms with Gasteiger partial charge in [-0.15, -0.1) is 0 Å². The van der Waals surface area contributed by atoms with E-state index in [1.54, 1.807) is 0 Å². The van der Waals surface area contributed by atoms with E-state index in [-0.39, 0.29) is 5.91 Å². The average Bonchev–Trinajstić information content (AvgIpc) is 2.97. The van der Waals surface area contributed by atoms with Crippen molar-refractivity contribution in [1.82, 2.24) is 15.3 Å². The van der Waals surface area contributed by atoms with Crippen LogP contribution in [0.15, 0.2) is 103 Å². The second kappa shape index (κ2) is 14.0. The first-order chi connectivity index (χ1) is 19.4. The molecule has 2 heterocycles. The van der Waals surface area contributed by atoms with Crippen molar-refractivity contribution in [2.75, 3.05) is 5.32 Å². The summed E-state index contributed by atoms with van der Waals surface area (Å²) in [6.07, 6.45) is 12.6. The molecule has 40 heavy (non-hydrogen) atoms. The van der Waals surface area contributed by atoms with Gasteiger partial charge in [0.25, 0.3) is 0 Å². The fraction of sp³-hybridized carbons (Fsp3) is 0.182. The van der Waals surface area contributed by atoms with Crippen LogP contribution in [0.5, 0.6) is 0 Å². The molecule has 1 aliphatic rings. The summed E-state index contributed by atoms with van der Waals surface area (Å²) < 4.78 is 7.78. The van der Waals surface area contributed by atoms with Gasteiger partial charge in [-0.3, -0.25) is 0 Å². The molecule has 203 valence electrons. The van der Waals surface area contributed by atoms with E-state index < -0.39 is 21.4 Å². The Kier molecular flexibility index (Phi) is 10.2. The maximum absolute atomic E-state index is 13.1. The number of amides is 1. The van der Waals surface area contributed by atoms with Gasteiger partial charge in [-0.1, -0.05) is 0 Å². The standard InChI is InChI=1S/C33H34N4O2.V/c1-6-9-17-30(28-20-34-32(8-3)35-21-28)26(7-2)22-39-23-36-25(5)33(38)37-31-19-14-13-18-29(31)24(4)27-15-11-10-12-16-27;/h6-7,9-21,25,36H,4,8H2,1-3,5H3,(H,37,38);/b9-6-,26-7?,30-17+;. The first-order valence-electron chi connectivity index (χ1n) is 13.3. The van der Waals surface area contributed by atoms with Crippen LogP contribution in [0.1, 0.15) is 50.2 Å². The number of anilines is 1. The Balaban J connectivity index is 1.48. The van der Waals surface area contributed by atoms with Crippen LogP contribution in [0.3, 0.4) is 0 Å². The van der Waals surface area contributed by atoms with Gasteiger partial charge in [0, 0.05) is 0 Å². The molecule has 1 aliphatic heterocycles. The molecule has 0 spiro atoms. The molecule has 1 unspecified atom stereocenters. The summed E-state index contributed by atoms with van der Waals surface area (Å²) >= 11 is -0.403. The number of hydrogen-bond donors (Lipinski definition) is 2. The van der Waals surface area contributed by atoms with E-state index in [1.165, 1.54) is 0 Å². The fourth-order valence-electron chi connectivity index (χ4n) is 4.11. The van der Waals surface area contributed by atoms with Gasteiger partial charge in [0.05, 0.1) is 0 Å². The Morgan fingerprint density at radius 3 is 2.35 bits per heavy atom. The number of para-hydroxylation sites is 1. The zero-order valence-corrected chi connectivity index (χ0v) is 24.7. The molecule has 7 heteroatoms. The average molecular weight is 570 g/mol. The summed E-state index contributed by atoms with van der Waals surface area (Å²) in [7, 11) is 0. The van der Waals surface area contributed by atoms with Crippen molar-refractivity contribution in [3.8, 4) is 0 Å². The molecule has 0 saturated heterocycles. The van der Waals surface area contributed by atoms with Crippen LogP contribution in [0.2, 0.25) is 0 Å². The van der Waals surface area contributed by atoms with Crippen LogP contribution in [-0.4, -0.2) is 30.9 Å². The van der Waals surface area contributed by atoms with Gasteiger partial charge in [-0.25, -0.2) is 0 Å². The molecule has 6 nitrogen and oxygen atoms in total. The summed E-state index contributed by atoms with van der Waals surface area (Å²) in [5.41, 5.74) is 6.44. The molecule has 0 aliphatic carbocycles. The van der Waals surface area contributed by atoms with Crippen LogP contribution >= 0.6 is 0 Å². The molecule has 1 aromatic heterocycles. The zero-order chi connectivity index (χ0) is 28.5. The second-order valence-corrected chi connectivity index (χ2v) is 10.7. The van der Waals surface area contributed by atoms with Crippen molar-refractivity contribution in [1.29, 1.82) is 0 Å². The summed E-state index contributed by atoms with van der Waals surface area (Å²) in [6, 6.07) is 17.2. The van der Waals surface area contributed by atoms with Crippen LogP contribution in [0.4, 0.5) is 5.69 Å². The van der Waals surface area contributed by atoms with Crippen LogP contribution in [-0.2, 0) is 31.4 Å². The third-order valence-corrected chi connectivity index (χ3v) is 7.86. The molecule has 3 aromatic rings. The van der Waals surface area contributed by atoms with Crippen LogP contribution < -0.4 is 10.6 Å². The number of aryl methyl sites for hydroxylation is 1. The van der Waals surface area contributed by atoms with E-state index in [0.29, 0.717) is 0 Å². The molecule has 0 radical (unpaired) electrons. The van der Waals surface area contributed by atoms with Crippen molar-refractivity contribution >= 4 is 31.7 Å². The summed E-state index contributed by atoms with van der Waals surface area (Å²) in [4.78, 5) is 22.1. The Bertz CT molecular complexity index is 1550. The summed E-state index contributed by atoms with van der Waals surface area (Å²) in [5.74, 6) is 0.668. The Labute approximate surface area is 242 Å². The number of carbonyl (C=O) groups excluding carboxylic acids is 1. The molecule has 4 rings (SSSR count). The first kappa shape index (κ1) is 29.2. The summed E-state index contributed by atoms with van der Waals surface area (Å²) in [5, 5.41) is 6.32. The number of carbonyl (C=O) groups is 1. The predicted molar refractivity (Wildman–Crippen MR) is 161 cm³/mol. The van der Waals surface area contributed by atoms with Crippen molar-refractivity contribution in [2.45, 2.75) is 40.2 Å². The van der Waals surface area contributed by atoms with Crippen LogP contribution in [0, 0.1) is 0 Å². The monoisotopic (exact) mass is 569 g/mol. The number of nitrogens with one attached hydrogen (secondary N) is 2. The molecule has 1 amide bonds. The number of nitrogens with zero attached hydrogens (tertiary/aromatic N) is 2. The van der Waals surface area contributed by atoms with Gasteiger partial charge in [0.1, 0.15) is 0 Å². The zero-order valence-electron chi connectivity index (χ0n) is 23.3. The number of benzene rings is 2. The van der Waals surface area contributed by atoms with Crippen molar-refractivity contribution in [2.24, 2.45) is 0 Å². The number of ether oxygens (including phenoxy) is 1. The maximum atomic E-state index is 13.1. The SMILES string of the molecule is C=C(c1ccccc1)c1ccccc1NC(=O)C(C)N[C]1=[V]=[C](C(=CC)/C(=C\C=C/C)c2cnc(CC)nc2)O1. The number of allylic oxidation sites excluding steroid dienone is 4. The molecular weight excluding hydrogens is 535 g/mol. The molecular formula is C33H34N4O2V. The third-order valence-electron chi connectivity index (χ3n) is 6.36. The minimum absolute atomic E-state index is 0.146. The van der Waals surface area contributed by atoms with Crippen molar-refractivity contribution < 1.29 is 24.9 Å². The van der Waals surface area contributed by atoms with Gasteiger partial charge in [0.2, 0.25) is 0 Å². The van der Waals surface area contributed by atoms with E-state index in [0.717, 1.165) is 60.3 Å². The third kappa shape index (κ3) is 7.03. The molecule has 0 saturated carbocycles. The van der Waals surface area contributed by atoms with E-state index in [9.17, 15) is 4.79 Å². The summed E-state index contributed by atoms with van der Waals surface area (Å²) in [6.45, 7) is 12.1. The normalized spacial score (nSPS) is 14.3. The van der Waals surface area contributed by atoms with Gasteiger partial charge >= 0.3 is 243 Å². The molecule has 0 bridgehead atoms. The number of rotatable bonds is 11. The van der Waals surface area contributed by atoms with Crippen molar-refractivity contribution in [3.63, 3.8) is 0 Å². The molecule has 1 atom stereocenters. The van der Waals surface area contributed by atoms with E-state index >= 15 is 0 Å². The fourth-order valence-corrected chi connectivity index (χ4v) is 5.61. The number of aromatic nitrogens is 2. The van der Waals surface area contributed by atoms with E-state index in [2.05, 4.69) is 39.3 Å². The number of hydrogen-bond acceptors (Lipinski definition) is 5.